The van der Waals surface area contributed by atoms with Crippen molar-refractivity contribution in [3.63, 3.8) is 0 Å². The lowest BCUT2D eigenvalue weighted by molar-refractivity contribution is -0.00177. The molecule has 10 heteroatoms. The Kier molecular flexibility index (Phi) is 6.23. The molecule has 3 rings (SSSR count). The number of halogens is 2. The van der Waals surface area contributed by atoms with Gasteiger partial charge in [-0.15, -0.1) is 0 Å². The van der Waals surface area contributed by atoms with Crippen molar-refractivity contribution in [3.05, 3.63) is 41.4 Å². The van der Waals surface area contributed by atoms with Gasteiger partial charge >= 0.3 is 0 Å². The Morgan fingerprint density at radius 2 is 2.00 bits per heavy atom. The minimum Gasteiger partial charge on any atom is -0.387 e. The van der Waals surface area contributed by atoms with E-state index in [4.69, 9.17) is 11.6 Å². The molecule has 0 radical (unpaired) electrons. The van der Waals surface area contributed by atoms with Crippen LogP contribution in [0.1, 0.15) is 38.1 Å². The Labute approximate surface area is 178 Å². The summed E-state index contributed by atoms with van der Waals surface area (Å²) in [5, 5.41) is 15.9. The van der Waals surface area contributed by atoms with E-state index < -0.39 is 17.7 Å². The van der Waals surface area contributed by atoms with Crippen molar-refractivity contribution in [2.24, 2.45) is 0 Å². The van der Waals surface area contributed by atoms with Gasteiger partial charge in [-0.05, 0) is 33.8 Å². The molecule has 0 spiro atoms. The Morgan fingerprint density at radius 1 is 1.27 bits per heavy atom. The van der Waals surface area contributed by atoms with Crippen LogP contribution in [0, 0.1) is 0 Å². The number of pyridine rings is 2. The Morgan fingerprint density at radius 3 is 2.67 bits per heavy atom. The highest BCUT2D eigenvalue weighted by Crippen LogP contribution is 2.23. The van der Waals surface area contributed by atoms with Crippen molar-refractivity contribution in [1.29, 1.82) is 0 Å². The van der Waals surface area contributed by atoms with E-state index in [0.717, 1.165) is 0 Å². The van der Waals surface area contributed by atoms with E-state index >= 15 is 0 Å². The number of carbonyl (C=O) groups excluding carboxylic acids is 1. The Bertz CT molecular complexity index is 1060. The SMILES string of the molecule is CC(C)Nc1cc(-n2cnc3cc(Cl)cnc32)ncc1C(=O)NCC(F)C(C)(C)O. The minimum absolute atomic E-state index is 0.0357. The number of rotatable bonds is 7. The van der Waals surface area contributed by atoms with E-state index in [1.165, 1.54) is 26.2 Å². The molecule has 0 saturated heterocycles. The molecule has 3 heterocycles. The number of imidazole rings is 1. The molecule has 1 unspecified atom stereocenters. The van der Waals surface area contributed by atoms with Gasteiger partial charge in [0.15, 0.2) is 5.65 Å². The van der Waals surface area contributed by atoms with E-state index in [1.54, 1.807) is 23.0 Å². The van der Waals surface area contributed by atoms with Gasteiger partial charge in [-0.25, -0.2) is 19.3 Å². The van der Waals surface area contributed by atoms with Gasteiger partial charge in [-0.1, -0.05) is 11.6 Å². The lowest BCUT2D eigenvalue weighted by Crippen LogP contribution is -2.42. The maximum atomic E-state index is 14.0. The first-order valence-electron chi connectivity index (χ1n) is 9.46. The van der Waals surface area contributed by atoms with E-state index in [9.17, 15) is 14.3 Å². The van der Waals surface area contributed by atoms with Gasteiger partial charge in [0.2, 0.25) is 0 Å². The molecule has 160 valence electrons. The van der Waals surface area contributed by atoms with Gasteiger partial charge in [0.1, 0.15) is 23.8 Å². The van der Waals surface area contributed by atoms with Crippen LogP contribution in [-0.2, 0) is 0 Å². The molecule has 0 aliphatic carbocycles. The molecule has 0 aliphatic rings. The summed E-state index contributed by atoms with van der Waals surface area (Å²) in [5.74, 6) is 0.0105. The van der Waals surface area contributed by atoms with Crippen LogP contribution < -0.4 is 10.6 Å². The first-order chi connectivity index (χ1) is 14.1. The second-order valence-corrected chi connectivity index (χ2v) is 8.27. The third-order valence-electron chi connectivity index (χ3n) is 4.39. The summed E-state index contributed by atoms with van der Waals surface area (Å²) >= 11 is 5.97. The topological polar surface area (TPSA) is 105 Å². The van der Waals surface area contributed by atoms with Gasteiger partial charge in [-0.2, -0.15) is 0 Å². The van der Waals surface area contributed by atoms with Crippen LogP contribution in [0.3, 0.4) is 0 Å². The monoisotopic (exact) mass is 434 g/mol. The number of hydrogen-bond donors (Lipinski definition) is 3. The molecule has 0 aliphatic heterocycles. The zero-order chi connectivity index (χ0) is 22.1. The van der Waals surface area contributed by atoms with Gasteiger partial charge in [0.05, 0.1) is 28.4 Å². The van der Waals surface area contributed by atoms with Crippen molar-refractivity contribution in [1.82, 2.24) is 24.8 Å². The average Bonchev–Trinajstić information content (AvgIpc) is 3.07. The standard InChI is InChI=1S/C20H24ClFN6O2/c1-11(2)27-14-6-17(28-10-26-15-5-12(21)7-24-18(15)28)23-8-13(14)19(29)25-9-16(22)20(3,4)30/h5-8,10-11,16,30H,9H2,1-4H3,(H,23,27)(H,25,29). The third-order valence-corrected chi connectivity index (χ3v) is 4.59. The van der Waals surface area contributed by atoms with Crippen LogP contribution in [0.15, 0.2) is 30.9 Å². The maximum Gasteiger partial charge on any atom is 0.255 e. The molecular formula is C20H24ClFN6O2. The number of alkyl halides is 1. The summed E-state index contributed by atoms with van der Waals surface area (Å²) in [4.78, 5) is 25.6. The molecule has 1 atom stereocenters. The molecular weight excluding hydrogens is 411 g/mol. The lowest BCUT2D eigenvalue weighted by atomic mass is 10.0. The highest BCUT2D eigenvalue weighted by Gasteiger charge is 2.27. The number of aromatic nitrogens is 4. The highest BCUT2D eigenvalue weighted by molar-refractivity contribution is 6.31. The Balaban J connectivity index is 1.92. The summed E-state index contributed by atoms with van der Waals surface area (Å²) in [6, 6.07) is 3.44. The van der Waals surface area contributed by atoms with Crippen LogP contribution in [0.2, 0.25) is 5.02 Å². The molecule has 8 nitrogen and oxygen atoms in total. The quantitative estimate of drug-likeness (QED) is 0.527. The number of carbonyl (C=O) groups is 1. The molecule has 0 bridgehead atoms. The fourth-order valence-electron chi connectivity index (χ4n) is 2.76. The number of hydrogen-bond acceptors (Lipinski definition) is 6. The first-order valence-corrected chi connectivity index (χ1v) is 9.84. The largest absolute Gasteiger partial charge is 0.387 e. The predicted molar refractivity (Wildman–Crippen MR) is 114 cm³/mol. The van der Waals surface area contributed by atoms with Gasteiger partial charge in [0, 0.05) is 24.5 Å². The molecule has 30 heavy (non-hydrogen) atoms. The average molecular weight is 435 g/mol. The summed E-state index contributed by atoms with van der Waals surface area (Å²) in [6.45, 7) is 6.25. The van der Waals surface area contributed by atoms with Crippen LogP contribution in [0.4, 0.5) is 10.1 Å². The van der Waals surface area contributed by atoms with E-state index in [1.807, 2.05) is 13.8 Å². The van der Waals surface area contributed by atoms with Gasteiger partial charge in [0.25, 0.3) is 5.91 Å². The smallest absolute Gasteiger partial charge is 0.255 e. The molecule has 1 amide bonds. The number of aliphatic hydroxyl groups is 1. The summed E-state index contributed by atoms with van der Waals surface area (Å²) in [7, 11) is 0. The fourth-order valence-corrected chi connectivity index (χ4v) is 2.91. The van der Waals surface area contributed by atoms with Crippen LogP contribution in [0.25, 0.3) is 17.0 Å². The molecule has 3 aromatic rings. The van der Waals surface area contributed by atoms with E-state index in [-0.39, 0.29) is 18.2 Å². The van der Waals surface area contributed by atoms with Gasteiger partial charge < -0.3 is 15.7 Å². The van der Waals surface area contributed by atoms with Gasteiger partial charge in [-0.3, -0.25) is 9.36 Å². The molecule has 0 saturated carbocycles. The van der Waals surface area contributed by atoms with Crippen molar-refractivity contribution in [3.8, 4) is 5.82 Å². The Hall–Kier alpha value is -2.78. The second kappa shape index (κ2) is 8.53. The van der Waals surface area contributed by atoms with Crippen LogP contribution in [-0.4, -0.2) is 54.9 Å². The molecule has 0 fully saturated rings. The number of fused-ring (bicyclic) bond motifs is 1. The maximum absolute atomic E-state index is 14.0. The molecule has 3 aromatic heterocycles. The third kappa shape index (κ3) is 4.85. The second-order valence-electron chi connectivity index (χ2n) is 7.83. The molecule has 0 aromatic carbocycles. The number of amides is 1. The summed E-state index contributed by atoms with van der Waals surface area (Å²) in [6.07, 6.45) is 2.90. The van der Waals surface area contributed by atoms with E-state index in [2.05, 4.69) is 25.6 Å². The number of nitrogens with one attached hydrogen (secondary N) is 2. The summed E-state index contributed by atoms with van der Waals surface area (Å²) < 4.78 is 15.7. The minimum atomic E-state index is -1.61. The zero-order valence-corrected chi connectivity index (χ0v) is 17.9. The predicted octanol–water partition coefficient (Wildman–Crippen LogP) is 3.13. The summed E-state index contributed by atoms with van der Waals surface area (Å²) in [5.41, 5.74) is 0.431. The van der Waals surface area contributed by atoms with Crippen molar-refractivity contribution in [2.75, 3.05) is 11.9 Å². The normalized spacial score (nSPS) is 12.9. The first kappa shape index (κ1) is 21.9. The number of nitrogens with zero attached hydrogens (tertiary/aromatic N) is 4. The van der Waals surface area contributed by atoms with E-state index in [0.29, 0.717) is 27.7 Å². The number of anilines is 1. The molecule has 3 N–H and O–H groups in total. The highest BCUT2D eigenvalue weighted by atomic mass is 35.5. The van der Waals surface area contributed by atoms with Crippen molar-refractivity contribution in [2.45, 2.75) is 45.5 Å². The fraction of sp³-hybridized carbons (Fsp3) is 0.400. The zero-order valence-electron chi connectivity index (χ0n) is 17.1. The van der Waals surface area contributed by atoms with Crippen LogP contribution in [0.5, 0.6) is 0 Å². The lowest BCUT2D eigenvalue weighted by Gasteiger charge is -2.23. The van der Waals surface area contributed by atoms with Crippen molar-refractivity contribution >= 4 is 34.4 Å². The van der Waals surface area contributed by atoms with Crippen LogP contribution >= 0.6 is 11.6 Å². The van der Waals surface area contributed by atoms with Crippen molar-refractivity contribution < 1.29 is 14.3 Å².